The summed E-state index contributed by atoms with van der Waals surface area (Å²) in [6.45, 7) is 8.95. The molecule has 196 valence electrons. The summed E-state index contributed by atoms with van der Waals surface area (Å²) in [6, 6.07) is 17.8. The molecule has 0 fully saturated rings. The number of hydrogen-bond acceptors (Lipinski definition) is 0. The molecular formula is C32H46N2Ni-2. The summed E-state index contributed by atoms with van der Waals surface area (Å²) < 4.78 is 1.49. The predicted octanol–water partition coefficient (Wildman–Crippen LogP) is 10.1. The summed E-state index contributed by atoms with van der Waals surface area (Å²) in [5, 5.41) is 0. The zero-order valence-corrected chi connectivity index (χ0v) is 23.3. The molecule has 1 heterocycles. The smallest absolute Gasteiger partial charge is 0.211 e. The second-order valence-electron chi connectivity index (χ2n) is 9.73. The van der Waals surface area contributed by atoms with Gasteiger partial charge in [0.15, 0.2) is 0 Å². The van der Waals surface area contributed by atoms with Crippen molar-refractivity contribution in [2.24, 2.45) is 0 Å². The van der Waals surface area contributed by atoms with Crippen molar-refractivity contribution in [1.29, 1.82) is 0 Å². The molecule has 0 spiro atoms. The fraction of sp³-hybridized carbons (Fsp3) is 0.500. The van der Waals surface area contributed by atoms with Gasteiger partial charge < -0.3 is 8.38 Å². The summed E-state index contributed by atoms with van der Waals surface area (Å²) >= 11 is 0. The molecule has 0 aromatic heterocycles. The van der Waals surface area contributed by atoms with E-state index in [9.17, 15) is 5.53 Å². The Labute approximate surface area is 227 Å². The van der Waals surface area contributed by atoms with Crippen LogP contribution in [-0.2, 0) is 29.3 Å². The first kappa shape index (κ1) is 29.2. The summed E-state index contributed by atoms with van der Waals surface area (Å²) in [6.07, 6.45) is 14.0. The van der Waals surface area contributed by atoms with Crippen LogP contribution in [0.3, 0.4) is 0 Å². The van der Waals surface area contributed by atoms with E-state index in [2.05, 4.69) is 76.2 Å². The summed E-state index contributed by atoms with van der Waals surface area (Å²) in [5.41, 5.74) is 21.1. The second kappa shape index (κ2) is 15.2. The molecule has 3 heteroatoms. The number of allylic oxidation sites excluding steroid dienone is 2. The van der Waals surface area contributed by atoms with Gasteiger partial charge in [-0.05, 0) is 80.3 Å². The molecule has 0 amide bonds. The molecule has 3 rings (SSSR count). The fourth-order valence-electron chi connectivity index (χ4n) is 5.07. The van der Waals surface area contributed by atoms with E-state index in [1.807, 2.05) is 0 Å². The summed E-state index contributed by atoms with van der Waals surface area (Å²) in [4.78, 5) is 0. The minimum absolute atomic E-state index is 0. The monoisotopic (exact) mass is 516 g/mol. The average molecular weight is 517 g/mol. The molecule has 35 heavy (non-hydrogen) atoms. The van der Waals surface area contributed by atoms with Crippen molar-refractivity contribution in [2.75, 3.05) is 0 Å². The number of nitrogens with zero attached hydrogens (tertiary/aromatic N) is 2. The zero-order chi connectivity index (χ0) is 24.3. The molecule has 2 aromatic carbocycles. The van der Waals surface area contributed by atoms with E-state index in [1.165, 1.54) is 65.5 Å². The second-order valence-corrected chi connectivity index (χ2v) is 9.73. The van der Waals surface area contributed by atoms with E-state index >= 15 is 0 Å². The van der Waals surface area contributed by atoms with Crippen molar-refractivity contribution < 1.29 is 24.0 Å². The molecule has 0 radical (unpaired) electrons. The van der Waals surface area contributed by atoms with Crippen LogP contribution in [0.5, 0.6) is 0 Å². The van der Waals surface area contributed by atoms with Crippen molar-refractivity contribution in [1.82, 2.24) is 0 Å². The van der Waals surface area contributed by atoms with Gasteiger partial charge in [0.1, 0.15) is 0 Å². The van der Waals surface area contributed by atoms with Crippen LogP contribution in [0.1, 0.15) is 117 Å². The fourth-order valence-corrected chi connectivity index (χ4v) is 5.07. The van der Waals surface area contributed by atoms with Crippen molar-refractivity contribution in [3.8, 4) is 0 Å². The standard InChI is InChI=1S/C32H44N2.Ni.2H/c1-5-9-12-14-25-17-21-27(22-18-25)31-29(8-4)30(16-11-7-3)32(34(31)33)28-23-19-26(20-24-28)15-13-10-6-2;;;/h17-24H,5-16H2,1-4H3;;;/q;;2*-1. The van der Waals surface area contributed by atoms with Gasteiger partial charge in [-0.3, -0.25) is 0 Å². The van der Waals surface area contributed by atoms with E-state index in [0.717, 1.165) is 61.0 Å². The number of aryl methyl sites for hydroxylation is 2. The van der Waals surface area contributed by atoms with E-state index in [0.29, 0.717) is 0 Å². The van der Waals surface area contributed by atoms with Gasteiger partial charge in [-0.25, -0.2) is 4.70 Å². The number of hydrogen-bond donors (Lipinski definition) is 0. The first-order valence-corrected chi connectivity index (χ1v) is 13.8. The van der Waals surface area contributed by atoms with E-state index in [4.69, 9.17) is 0 Å². The molecule has 2 aromatic rings. The maximum absolute atomic E-state index is 11.5. The van der Waals surface area contributed by atoms with Crippen LogP contribution >= 0.6 is 0 Å². The Morgan fingerprint density at radius 3 is 1.40 bits per heavy atom. The third-order valence-electron chi connectivity index (χ3n) is 7.09. The minimum Gasteiger partial charge on any atom is -1.00 e. The van der Waals surface area contributed by atoms with Crippen LogP contribution in [0, 0.1) is 0 Å². The van der Waals surface area contributed by atoms with Gasteiger partial charge in [-0.15, -0.1) is 0 Å². The van der Waals surface area contributed by atoms with Crippen LogP contribution in [0.25, 0.3) is 16.9 Å². The molecule has 0 aliphatic carbocycles. The molecule has 0 saturated heterocycles. The van der Waals surface area contributed by atoms with Gasteiger partial charge in [-0.2, -0.15) is 0 Å². The maximum Gasteiger partial charge on any atom is 0.211 e. The Bertz CT molecular complexity index is 1010. The maximum atomic E-state index is 11.5. The molecule has 0 N–H and O–H groups in total. The predicted molar refractivity (Wildman–Crippen MR) is 149 cm³/mol. The SMILES string of the molecule is CCCCCc1ccc(C2=C(CC)C(CCCC)=C(c3ccc(CCCCC)cc3)[N+]2=[N-])cc1.[H-].[H-].[Ni]. The van der Waals surface area contributed by atoms with Gasteiger partial charge in [0.2, 0.25) is 11.4 Å². The third-order valence-corrected chi connectivity index (χ3v) is 7.09. The first-order chi connectivity index (χ1) is 16.6. The molecule has 1 aliphatic heterocycles. The molecular weight excluding hydrogens is 471 g/mol. The number of unbranched alkanes of at least 4 members (excludes halogenated alkanes) is 5. The third kappa shape index (κ3) is 7.50. The van der Waals surface area contributed by atoms with Crippen LogP contribution in [-0.4, -0.2) is 4.70 Å². The quantitative estimate of drug-likeness (QED) is 0.135. The molecule has 1 aliphatic rings. The average Bonchev–Trinajstić information content (AvgIpc) is 3.15. The van der Waals surface area contributed by atoms with Crippen LogP contribution in [0.15, 0.2) is 59.7 Å². The summed E-state index contributed by atoms with van der Waals surface area (Å²) in [7, 11) is 0. The normalized spacial score (nSPS) is 13.5. The van der Waals surface area contributed by atoms with Crippen LogP contribution < -0.4 is 0 Å². The minimum atomic E-state index is 0. The summed E-state index contributed by atoms with van der Waals surface area (Å²) in [5.74, 6) is 0. The Morgan fingerprint density at radius 2 is 1.00 bits per heavy atom. The van der Waals surface area contributed by atoms with Crippen molar-refractivity contribution in [3.63, 3.8) is 0 Å². The Morgan fingerprint density at radius 1 is 0.571 bits per heavy atom. The zero-order valence-electron chi connectivity index (χ0n) is 24.3. The van der Waals surface area contributed by atoms with E-state index in [1.54, 1.807) is 0 Å². The first-order valence-electron chi connectivity index (χ1n) is 13.8. The number of benzene rings is 2. The molecule has 2 nitrogen and oxygen atoms in total. The van der Waals surface area contributed by atoms with Gasteiger partial charge in [-0.1, -0.05) is 84.1 Å². The van der Waals surface area contributed by atoms with E-state index < -0.39 is 0 Å². The number of rotatable bonds is 14. The van der Waals surface area contributed by atoms with Crippen molar-refractivity contribution in [2.45, 2.75) is 105 Å². The Hall–Kier alpha value is -1.99. The molecule has 0 unspecified atom stereocenters. The van der Waals surface area contributed by atoms with Crippen LogP contribution in [0.4, 0.5) is 0 Å². The molecule has 0 saturated carbocycles. The Balaban J connectivity index is 0.00000432. The van der Waals surface area contributed by atoms with Crippen LogP contribution in [0.2, 0.25) is 0 Å². The van der Waals surface area contributed by atoms with Crippen molar-refractivity contribution >= 4 is 11.4 Å². The largest absolute Gasteiger partial charge is 1.00 e. The van der Waals surface area contributed by atoms with Gasteiger partial charge in [0.25, 0.3) is 0 Å². The molecule has 0 atom stereocenters. The Kier molecular flexibility index (Phi) is 12.7. The van der Waals surface area contributed by atoms with E-state index in [-0.39, 0.29) is 19.3 Å². The van der Waals surface area contributed by atoms with Gasteiger partial charge in [0, 0.05) is 38.8 Å². The van der Waals surface area contributed by atoms with Gasteiger partial charge in [0.05, 0.1) is 0 Å². The topological polar surface area (TPSA) is 25.3 Å². The van der Waals surface area contributed by atoms with Crippen molar-refractivity contribution in [3.05, 3.63) is 87.5 Å². The molecule has 0 bridgehead atoms. The van der Waals surface area contributed by atoms with Gasteiger partial charge >= 0.3 is 0 Å².